The second kappa shape index (κ2) is 9.63. The third kappa shape index (κ3) is 5.09. The molecular formula is C18H24ClNO5. The molecule has 0 saturated heterocycles. The van der Waals surface area contributed by atoms with Gasteiger partial charge < -0.3 is 19.0 Å². The van der Waals surface area contributed by atoms with E-state index in [4.69, 9.17) is 30.6 Å². The first-order valence-electron chi connectivity index (χ1n) is 8.46. The van der Waals surface area contributed by atoms with Crippen molar-refractivity contribution < 1.29 is 23.8 Å². The standard InChI is InChI=1S/C18H24ClNO5/c1-4-6-9-23-16-11-24-20-17(16)13-10-12(19)7-8-15(13)25-14(5-2)18(21)22-3/h7-8,10,14,16H,4-6,9,11H2,1-3H3/t14-,16?/m0/s1. The Labute approximate surface area is 153 Å². The van der Waals surface area contributed by atoms with Gasteiger partial charge in [-0.15, -0.1) is 0 Å². The Bertz CT molecular complexity index is 619. The highest BCUT2D eigenvalue weighted by Gasteiger charge is 2.29. The maximum Gasteiger partial charge on any atom is 0.347 e. The first kappa shape index (κ1) is 19.5. The molecule has 0 amide bonds. The number of unbranched alkanes of at least 4 members (excludes halogenated alkanes) is 1. The molecule has 2 atom stereocenters. The number of rotatable bonds is 9. The van der Waals surface area contributed by atoms with Gasteiger partial charge in [0.05, 0.1) is 7.11 Å². The number of ether oxygens (including phenoxy) is 3. The van der Waals surface area contributed by atoms with Gasteiger partial charge in [-0.1, -0.05) is 37.0 Å². The molecule has 0 saturated carbocycles. The van der Waals surface area contributed by atoms with Gasteiger partial charge in [0, 0.05) is 17.2 Å². The molecule has 0 spiro atoms. The first-order valence-corrected chi connectivity index (χ1v) is 8.84. The molecule has 1 heterocycles. The molecule has 6 nitrogen and oxygen atoms in total. The van der Waals surface area contributed by atoms with Crippen LogP contribution >= 0.6 is 11.6 Å². The van der Waals surface area contributed by atoms with Gasteiger partial charge in [-0.2, -0.15) is 0 Å². The monoisotopic (exact) mass is 369 g/mol. The highest BCUT2D eigenvalue weighted by molar-refractivity contribution is 6.31. The molecule has 0 N–H and O–H groups in total. The molecule has 0 aliphatic carbocycles. The molecule has 0 bridgehead atoms. The lowest BCUT2D eigenvalue weighted by molar-refractivity contribution is -0.148. The normalized spacial score (nSPS) is 17.6. The summed E-state index contributed by atoms with van der Waals surface area (Å²) in [6.07, 6.45) is 1.50. The SMILES string of the molecule is CCCCOC1CON=C1c1cc(Cl)ccc1O[C@@H](CC)C(=O)OC. The molecule has 2 rings (SSSR count). The van der Waals surface area contributed by atoms with E-state index in [0.717, 1.165) is 12.8 Å². The van der Waals surface area contributed by atoms with Crippen molar-refractivity contribution in [2.45, 2.75) is 45.3 Å². The van der Waals surface area contributed by atoms with Crippen LogP contribution in [0.5, 0.6) is 5.75 Å². The van der Waals surface area contributed by atoms with E-state index in [1.165, 1.54) is 7.11 Å². The average Bonchev–Trinajstić information content (AvgIpc) is 3.08. The summed E-state index contributed by atoms with van der Waals surface area (Å²) in [4.78, 5) is 17.1. The van der Waals surface area contributed by atoms with E-state index < -0.39 is 12.1 Å². The van der Waals surface area contributed by atoms with Crippen LogP contribution < -0.4 is 4.74 Å². The van der Waals surface area contributed by atoms with E-state index in [1.54, 1.807) is 18.2 Å². The molecule has 1 aliphatic rings. The largest absolute Gasteiger partial charge is 0.478 e. The third-order valence-corrected chi connectivity index (χ3v) is 4.07. The Morgan fingerprint density at radius 3 is 2.92 bits per heavy atom. The fourth-order valence-corrected chi connectivity index (χ4v) is 2.59. The number of esters is 1. The van der Waals surface area contributed by atoms with Gasteiger partial charge in [-0.05, 0) is 31.0 Å². The Morgan fingerprint density at radius 2 is 2.24 bits per heavy atom. The van der Waals surface area contributed by atoms with Gasteiger partial charge in [0.25, 0.3) is 0 Å². The van der Waals surface area contributed by atoms with E-state index in [-0.39, 0.29) is 6.10 Å². The molecule has 25 heavy (non-hydrogen) atoms. The number of hydrogen-bond acceptors (Lipinski definition) is 6. The molecule has 0 aromatic heterocycles. The molecule has 1 unspecified atom stereocenters. The van der Waals surface area contributed by atoms with Gasteiger partial charge in [0.1, 0.15) is 24.2 Å². The average molecular weight is 370 g/mol. The number of methoxy groups -OCH3 is 1. The zero-order valence-electron chi connectivity index (χ0n) is 14.8. The summed E-state index contributed by atoms with van der Waals surface area (Å²) in [6.45, 7) is 4.92. The van der Waals surface area contributed by atoms with Crippen molar-refractivity contribution in [3.63, 3.8) is 0 Å². The lowest BCUT2D eigenvalue weighted by Crippen LogP contribution is -2.30. The second-order valence-corrected chi connectivity index (χ2v) is 6.10. The lowest BCUT2D eigenvalue weighted by Gasteiger charge is -2.19. The predicted molar refractivity (Wildman–Crippen MR) is 95.3 cm³/mol. The van der Waals surface area contributed by atoms with Crippen LogP contribution in [0.3, 0.4) is 0 Å². The summed E-state index contributed by atoms with van der Waals surface area (Å²) >= 11 is 6.15. The molecule has 7 heteroatoms. The number of hydrogen-bond donors (Lipinski definition) is 0. The maximum atomic E-state index is 11.8. The molecule has 0 radical (unpaired) electrons. The molecule has 138 valence electrons. The van der Waals surface area contributed by atoms with Crippen LogP contribution in [0.2, 0.25) is 5.02 Å². The number of carbonyl (C=O) groups excluding carboxylic acids is 1. The van der Waals surface area contributed by atoms with Crippen LogP contribution in [0.4, 0.5) is 0 Å². The zero-order valence-corrected chi connectivity index (χ0v) is 15.5. The van der Waals surface area contributed by atoms with E-state index >= 15 is 0 Å². The van der Waals surface area contributed by atoms with Crippen LogP contribution in [-0.2, 0) is 19.1 Å². The number of oxime groups is 1. The fraction of sp³-hybridized carbons (Fsp3) is 0.556. The van der Waals surface area contributed by atoms with Crippen molar-refractivity contribution >= 4 is 23.3 Å². The second-order valence-electron chi connectivity index (χ2n) is 5.66. The van der Waals surface area contributed by atoms with Crippen molar-refractivity contribution in [1.29, 1.82) is 0 Å². The molecular weight excluding hydrogens is 346 g/mol. The van der Waals surface area contributed by atoms with Gasteiger partial charge in [-0.25, -0.2) is 4.79 Å². The quantitative estimate of drug-likeness (QED) is 0.491. The van der Waals surface area contributed by atoms with E-state index in [0.29, 0.717) is 41.7 Å². The van der Waals surface area contributed by atoms with Gasteiger partial charge in [0.2, 0.25) is 0 Å². The summed E-state index contributed by atoms with van der Waals surface area (Å²) in [5.41, 5.74) is 1.28. The molecule has 0 fully saturated rings. The minimum absolute atomic E-state index is 0.287. The predicted octanol–water partition coefficient (Wildman–Crippen LogP) is 3.59. The zero-order chi connectivity index (χ0) is 18.2. The number of carbonyl (C=O) groups is 1. The number of nitrogens with zero attached hydrogens (tertiary/aromatic N) is 1. The summed E-state index contributed by atoms with van der Waals surface area (Å²) < 4.78 is 16.5. The summed E-state index contributed by atoms with van der Waals surface area (Å²) in [6, 6.07) is 5.16. The first-order chi connectivity index (χ1) is 12.1. The highest BCUT2D eigenvalue weighted by atomic mass is 35.5. The van der Waals surface area contributed by atoms with Crippen molar-refractivity contribution in [3.05, 3.63) is 28.8 Å². The van der Waals surface area contributed by atoms with Gasteiger partial charge >= 0.3 is 5.97 Å². The van der Waals surface area contributed by atoms with E-state index in [9.17, 15) is 4.79 Å². The Hall–Kier alpha value is -1.79. The van der Waals surface area contributed by atoms with Crippen LogP contribution in [0, 0.1) is 0 Å². The lowest BCUT2D eigenvalue weighted by atomic mass is 10.0. The number of halogens is 1. The maximum absolute atomic E-state index is 11.8. The molecule has 1 aromatic carbocycles. The van der Waals surface area contributed by atoms with Crippen molar-refractivity contribution in [3.8, 4) is 5.75 Å². The van der Waals surface area contributed by atoms with Crippen LogP contribution in [0.25, 0.3) is 0 Å². The minimum atomic E-state index is -0.702. The van der Waals surface area contributed by atoms with Gasteiger partial charge in [-0.3, -0.25) is 0 Å². The Kier molecular flexibility index (Phi) is 7.52. The number of benzene rings is 1. The van der Waals surface area contributed by atoms with Crippen LogP contribution in [-0.4, -0.2) is 44.2 Å². The highest BCUT2D eigenvalue weighted by Crippen LogP contribution is 2.28. The summed E-state index contributed by atoms with van der Waals surface area (Å²) in [5.74, 6) is 0.0683. The summed E-state index contributed by atoms with van der Waals surface area (Å²) in [5, 5.41) is 4.64. The van der Waals surface area contributed by atoms with Crippen LogP contribution in [0.1, 0.15) is 38.7 Å². The minimum Gasteiger partial charge on any atom is -0.478 e. The summed E-state index contributed by atoms with van der Waals surface area (Å²) in [7, 11) is 1.34. The van der Waals surface area contributed by atoms with Gasteiger partial charge in [0.15, 0.2) is 6.10 Å². The molecule has 1 aromatic rings. The Morgan fingerprint density at radius 1 is 1.44 bits per heavy atom. The Balaban J connectivity index is 2.24. The van der Waals surface area contributed by atoms with Crippen molar-refractivity contribution in [1.82, 2.24) is 0 Å². The van der Waals surface area contributed by atoms with Crippen molar-refractivity contribution in [2.75, 3.05) is 20.3 Å². The smallest absolute Gasteiger partial charge is 0.347 e. The van der Waals surface area contributed by atoms with Crippen molar-refractivity contribution in [2.24, 2.45) is 5.16 Å². The molecule has 1 aliphatic heterocycles. The van der Waals surface area contributed by atoms with E-state index in [2.05, 4.69) is 12.1 Å². The third-order valence-electron chi connectivity index (χ3n) is 3.83. The van der Waals surface area contributed by atoms with Crippen LogP contribution in [0.15, 0.2) is 23.4 Å². The fourth-order valence-electron chi connectivity index (χ4n) is 2.42. The van der Waals surface area contributed by atoms with E-state index in [1.807, 2.05) is 6.92 Å². The topological polar surface area (TPSA) is 66.3 Å².